The van der Waals surface area contributed by atoms with Gasteiger partial charge in [0.25, 0.3) is 0 Å². The van der Waals surface area contributed by atoms with E-state index in [1.54, 1.807) is 12.4 Å². The lowest BCUT2D eigenvalue weighted by atomic mass is 9.99. The van der Waals surface area contributed by atoms with E-state index in [-0.39, 0.29) is 11.8 Å². The van der Waals surface area contributed by atoms with E-state index >= 15 is 0 Å². The molecule has 86 valence electrons. The van der Waals surface area contributed by atoms with Crippen LogP contribution in [0.4, 0.5) is 0 Å². The molecule has 1 aromatic rings. The van der Waals surface area contributed by atoms with Crippen LogP contribution in [0.2, 0.25) is 0 Å². The quantitative estimate of drug-likeness (QED) is 0.830. The molecule has 1 saturated heterocycles. The first-order valence-corrected chi connectivity index (χ1v) is 5.60. The van der Waals surface area contributed by atoms with Crippen LogP contribution in [0.1, 0.15) is 18.4 Å². The van der Waals surface area contributed by atoms with E-state index in [2.05, 4.69) is 10.3 Å². The highest BCUT2D eigenvalue weighted by molar-refractivity contribution is 5.78. The number of aromatic nitrogens is 1. The smallest absolute Gasteiger partial charge is 0.223 e. The number of hydrogen-bond donors (Lipinski definition) is 1. The van der Waals surface area contributed by atoms with Crippen molar-refractivity contribution < 1.29 is 9.53 Å². The van der Waals surface area contributed by atoms with Gasteiger partial charge in [-0.15, -0.1) is 0 Å². The number of nitrogens with one attached hydrogen (secondary N) is 1. The Hall–Kier alpha value is -1.42. The molecular weight excluding hydrogens is 204 g/mol. The van der Waals surface area contributed by atoms with E-state index in [1.165, 1.54) is 0 Å². The van der Waals surface area contributed by atoms with Crippen LogP contribution in [-0.2, 0) is 16.1 Å². The predicted molar refractivity (Wildman–Crippen MR) is 59.6 cm³/mol. The van der Waals surface area contributed by atoms with Crippen molar-refractivity contribution in [3.63, 3.8) is 0 Å². The van der Waals surface area contributed by atoms with Gasteiger partial charge in [-0.1, -0.05) is 6.07 Å². The Balaban J connectivity index is 1.79. The summed E-state index contributed by atoms with van der Waals surface area (Å²) in [6.07, 6.45) is 5.16. The molecule has 4 heteroatoms. The monoisotopic (exact) mass is 220 g/mol. The SMILES string of the molecule is O=C(NCc1cccnc1)C1CCOCC1. The number of ether oxygens (including phenoxy) is 1. The molecule has 2 rings (SSSR count). The fourth-order valence-electron chi connectivity index (χ4n) is 1.80. The van der Waals surface area contributed by atoms with Crippen molar-refractivity contribution in [3.05, 3.63) is 30.1 Å². The molecule has 4 nitrogen and oxygen atoms in total. The second-order valence-electron chi connectivity index (χ2n) is 3.97. The fraction of sp³-hybridized carbons (Fsp3) is 0.500. The summed E-state index contributed by atoms with van der Waals surface area (Å²) in [5.41, 5.74) is 1.03. The van der Waals surface area contributed by atoms with Crippen LogP contribution in [0.5, 0.6) is 0 Å². The molecule has 1 aromatic heterocycles. The highest BCUT2D eigenvalue weighted by Crippen LogP contribution is 2.14. The van der Waals surface area contributed by atoms with Gasteiger partial charge in [0.05, 0.1) is 0 Å². The molecule has 1 fully saturated rings. The van der Waals surface area contributed by atoms with Gasteiger partial charge in [0.1, 0.15) is 0 Å². The molecule has 1 aliphatic heterocycles. The van der Waals surface area contributed by atoms with Crippen molar-refractivity contribution in [2.24, 2.45) is 5.92 Å². The average Bonchev–Trinajstić information content (AvgIpc) is 2.38. The number of pyridine rings is 1. The van der Waals surface area contributed by atoms with Crippen molar-refractivity contribution >= 4 is 5.91 Å². The van der Waals surface area contributed by atoms with Crippen LogP contribution in [0.25, 0.3) is 0 Å². The molecule has 2 heterocycles. The lowest BCUT2D eigenvalue weighted by Gasteiger charge is -2.21. The molecule has 1 N–H and O–H groups in total. The molecule has 0 radical (unpaired) electrons. The van der Waals surface area contributed by atoms with E-state index in [1.807, 2.05) is 12.1 Å². The summed E-state index contributed by atoms with van der Waals surface area (Å²) in [6, 6.07) is 3.83. The molecule has 1 amide bonds. The van der Waals surface area contributed by atoms with Crippen molar-refractivity contribution in [2.45, 2.75) is 19.4 Å². The number of amides is 1. The highest BCUT2D eigenvalue weighted by Gasteiger charge is 2.20. The second kappa shape index (κ2) is 5.61. The summed E-state index contributed by atoms with van der Waals surface area (Å²) in [7, 11) is 0. The summed E-state index contributed by atoms with van der Waals surface area (Å²) < 4.78 is 5.22. The molecule has 0 bridgehead atoms. The number of rotatable bonds is 3. The number of carbonyl (C=O) groups is 1. The summed E-state index contributed by atoms with van der Waals surface area (Å²) >= 11 is 0. The van der Waals surface area contributed by atoms with E-state index in [9.17, 15) is 4.79 Å². The minimum atomic E-state index is 0.116. The van der Waals surface area contributed by atoms with Gasteiger partial charge in [-0.05, 0) is 24.5 Å². The van der Waals surface area contributed by atoms with Crippen molar-refractivity contribution in [1.29, 1.82) is 0 Å². The maximum absolute atomic E-state index is 11.8. The first-order chi connectivity index (χ1) is 7.86. The van der Waals surface area contributed by atoms with Gasteiger partial charge in [0, 0.05) is 38.1 Å². The number of hydrogen-bond acceptors (Lipinski definition) is 3. The van der Waals surface area contributed by atoms with Gasteiger partial charge in [0.15, 0.2) is 0 Å². The zero-order chi connectivity index (χ0) is 11.2. The number of nitrogens with zero attached hydrogens (tertiary/aromatic N) is 1. The lowest BCUT2D eigenvalue weighted by Crippen LogP contribution is -2.33. The minimum Gasteiger partial charge on any atom is -0.381 e. The standard InChI is InChI=1S/C12H16N2O2/c15-12(11-3-6-16-7-4-11)14-9-10-2-1-5-13-8-10/h1-2,5,8,11H,3-4,6-7,9H2,(H,14,15). The molecular formula is C12H16N2O2. The average molecular weight is 220 g/mol. The number of carbonyl (C=O) groups excluding carboxylic acids is 1. The zero-order valence-electron chi connectivity index (χ0n) is 9.19. The Kier molecular flexibility index (Phi) is 3.88. The van der Waals surface area contributed by atoms with Crippen LogP contribution < -0.4 is 5.32 Å². The predicted octanol–water partition coefficient (Wildman–Crippen LogP) is 1.12. The van der Waals surface area contributed by atoms with Gasteiger partial charge in [0.2, 0.25) is 5.91 Å². The topological polar surface area (TPSA) is 51.2 Å². The van der Waals surface area contributed by atoms with Crippen molar-refractivity contribution in [2.75, 3.05) is 13.2 Å². The van der Waals surface area contributed by atoms with E-state index in [0.29, 0.717) is 19.8 Å². The van der Waals surface area contributed by atoms with Crippen LogP contribution in [0.15, 0.2) is 24.5 Å². The van der Waals surface area contributed by atoms with Crippen LogP contribution in [-0.4, -0.2) is 24.1 Å². The van der Waals surface area contributed by atoms with E-state index < -0.39 is 0 Å². The third kappa shape index (κ3) is 3.03. The summed E-state index contributed by atoms with van der Waals surface area (Å²) in [5.74, 6) is 0.248. The molecule has 0 unspecified atom stereocenters. The Labute approximate surface area is 95.0 Å². The van der Waals surface area contributed by atoms with Crippen LogP contribution >= 0.6 is 0 Å². The van der Waals surface area contributed by atoms with Crippen LogP contribution in [0.3, 0.4) is 0 Å². The summed E-state index contributed by atoms with van der Waals surface area (Å²) in [5, 5.41) is 2.93. The first-order valence-electron chi connectivity index (χ1n) is 5.60. The Morgan fingerprint density at radius 2 is 2.31 bits per heavy atom. The van der Waals surface area contributed by atoms with E-state index in [4.69, 9.17) is 4.74 Å². The second-order valence-corrected chi connectivity index (χ2v) is 3.97. The minimum absolute atomic E-state index is 0.116. The zero-order valence-corrected chi connectivity index (χ0v) is 9.19. The van der Waals surface area contributed by atoms with Crippen molar-refractivity contribution in [3.8, 4) is 0 Å². The van der Waals surface area contributed by atoms with E-state index in [0.717, 1.165) is 18.4 Å². The third-order valence-electron chi connectivity index (χ3n) is 2.78. The molecule has 0 spiro atoms. The Morgan fingerprint density at radius 1 is 1.50 bits per heavy atom. The Bertz CT molecular complexity index is 334. The van der Waals surface area contributed by atoms with Gasteiger partial charge >= 0.3 is 0 Å². The normalized spacial score (nSPS) is 17.0. The fourth-order valence-corrected chi connectivity index (χ4v) is 1.80. The molecule has 16 heavy (non-hydrogen) atoms. The third-order valence-corrected chi connectivity index (χ3v) is 2.78. The molecule has 0 saturated carbocycles. The van der Waals surface area contributed by atoms with Gasteiger partial charge < -0.3 is 10.1 Å². The Morgan fingerprint density at radius 3 is 3.00 bits per heavy atom. The highest BCUT2D eigenvalue weighted by atomic mass is 16.5. The molecule has 0 atom stereocenters. The molecule has 0 aromatic carbocycles. The molecule has 0 aliphatic carbocycles. The van der Waals surface area contributed by atoms with Gasteiger partial charge in [-0.2, -0.15) is 0 Å². The van der Waals surface area contributed by atoms with Gasteiger partial charge in [-0.3, -0.25) is 9.78 Å². The summed E-state index contributed by atoms with van der Waals surface area (Å²) in [4.78, 5) is 15.8. The van der Waals surface area contributed by atoms with Crippen molar-refractivity contribution in [1.82, 2.24) is 10.3 Å². The summed E-state index contributed by atoms with van der Waals surface area (Å²) in [6.45, 7) is 1.96. The van der Waals surface area contributed by atoms with Crippen LogP contribution in [0, 0.1) is 5.92 Å². The maximum atomic E-state index is 11.8. The first kappa shape index (κ1) is 11.1. The van der Waals surface area contributed by atoms with Gasteiger partial charge in [-0.25, -0.2) is 0 Å². The lowest BCUT2D eigenvalue weighted by molar-refractivity contribution is -0.128. The molecule has 1 aliphatic rings. The largest absolute Gasteiger partial charge is 0.381 e. The maximum Gasteiger partial charge on any atom is 0.223 e.